The summed E-state index contributed by atoms with van der Waals surface area (Å²) < 4.78 is 5.76. The third kappa shape index (κ3) is 15.1. The van der Waals surface area contributed by atoms with Crippen molar-refractivity contribution in [3.8, 4) is 0 Å². The van der Waals surface area contributed by atoms with E-state index in [1.165, 1.54) is 0 Å². The second kappa shape index (κ2) is 13.1. The van der Waals surface area contributed by atoms with Crippen molar-refractivity contribution in [1.82, 2.24) is 0 Å². The second-order valence-electron chi connectivity index (χ2n) is 8.09. The molecular formula is C19H38NO6+. The van der Waals surface area contributed by atoms with E-state index in [1.54, 1.807) is 0 Å². The highest BCUT2D eigenvalue weighted by atomic mass is 16.5. The molecule has 7 nitrogen and oxygen atoms in total. The number of nitrogens with zero attached hydrogens (tertiary/aromatic N) is 1. The van der Waals surface area contributed by atoms with Crippen molar-refractivity contribution in [3.63, 3.8) is 0 Å². The normalized spacial score (nSPS) is 15.3. The van der Waals surface area contributed by atoms with Crippen LogP contribution in [0.5, 0.6) is 0 Å². The topological polar surface area (TPSA) is 104 Å². The number of hydrogen-bond donors (Lipinski definition) is 3. The average Bonchev–Trinajstić information content (AvgIpc) is 2.47. The quantitative estimate of drug-likeness (QED) is 0.229. The van der Waals surface area contributed by atoms with Crippen molar-refractivity contribution in [2.75, 3.05) is 27.7 Å². The van der Waals surface area contributed by atoms with Crippen LogP contribution in [0.1, 0.15) is 64.7 Å². The number of carboxylic acid groups (broad SMARTS) is 1. The summed E-state index contributed by atoms with van der Waals surface area (Å²) in [4.78, 5) is 22.9. The van der Waals surface area contributed by atoms with Crippen LogP contribution < -0.4 is 0 Å². The molecule has 0 saturated carbocycles. The smallest absolute Gasteiger partial charge is 0.308 e. The summed E-state index contributed by atoms with van der Waals surface area (Å²) in [6.45, 7) is 2.36. The first-order chi connectivity index (χ1) is 12.0. The monoisotopic (exact) mass is 376 g/mol. The second-order valence-corrected chi connectivity index (χ2v) is 8.09. The van der Waals surface area contributed by atoms with E-state index in [0.717, 1.165) is 38.5 Å². The Morgan fingerprint density at radius 3 is 1.92 bits per heavy atom. The Balaban J connectivity index is 4.05. The molecule has 7 heteroatoms. The number of carbonyl (C=O) groups excluding carboxylic acids is 1. The minimum atomic E-state index is -1.01. The minimum absolute atomic E-state index is 0.109. The number of aliphatic hydroxyl groups is 2. The largest absolute Gasteiger partial charge is 0.481 e. The average molecular weight is 377 g/mol. The van der Waals surface area contributed by atoms with Gasteiger partial charge in [0.25, 0.3) is 0 Å². The van der Waals surface area contributed by atoms with Gasteiger partial charge < -0.3 is 24.5 Å². The molecule has 0 bridgehead atoms. The molecule has 3 atom stereocenters. The number of aliphatic hydroxyl groups excluding tert-OH is 2. The summed E-state index contributed by atoms with van der Waals surface area (Å²) in [5.41, 5.74) is 0. The van der Waals surface area contributed by atoms with Crippen LogP contribution in [0.3, 0.4) is 0 Å². The van der Waals surface area contributed by atoms with Gasteiger partial charge in [-0.05, 0) is 19.3 Å². The molecule has 0 radical (unpaired) electrons. The molecule has 0 aromatic rings. The standard InChI is InChI=1S/C19H37NO6/c1-5-15(21)10-8-6-7-9-11-16(22)12-19(25)26-17(13-18(23)24)14-20(2,3)4/h15-17,21-22H,5-14H2,1-4H3/p+1. The van der Waals surface area contributed by atoms with E-state index in [1.807, 2.05) is 28.1 Å². The Kier molecular flexibility index (Phi) is 12.5. The fourth-order valence-electron chi connectivity index (χ4n) is 2.80. The van der Waals surface area contributed by atoms with Gasteiger partial charge in [-0.2, -0.15) is 0 Å². The molecule has 0 aliphatic rings. The molecule has 0 amide bonds. The van der Waals surface area contributed by atoms with E-state index in [9.17, 15) is 19.8 Å². The van der Waals surface area contributed by atoms with Gasteiger partial charge in [-0.1, -0.05) is 32.6 Å². The summed E-state index contributed by atoms with van der Waals surface area (Å²) in [6, 6.07) is 0. The van der Waals surface area contributed by atoms with Crippen molar-refractivity contribution < 1.29 is 34.1 Å². The van der Waals surface area contributed by atoms with Gasteiger partial charge in [-0.3, -0.25) is 9.59 Å². The Morgan fingerprint density at radius 2 is 1.46 bits per heavy atom. The Labute approximate surface area is 157 Å². The molecular weight excluding hydrogens is 338 g/mol. The van der Waals surface area contributed by atoms with E-state index >= 15 is 0 Å². The lowest BCUT2D eigenvalue weighted by molar-refractivity contribution is -0.873. The molecule has 26 heavy (non-hydrogen) atoms. The third-order valence-electron chi connectivity index (χ3n) is 4.15. The maximum absolute atomic E-state index is 12.0. The van der Waals surface area contributed by atoms with Crippen LogP contribution in [0.2, 0.25) is 0 Å². The van der Waals surface area contributed by atoms with Gasteiger partial charge in [-0.15, -0.1) is 0 Å². The Hall–Kier alpha value is -1.18. The summed E-state index contributed by atoms with van der Waals surface area (Å²) >= 11 is 0. The highest BCUT2D eigenvalue weighted by molar-refractivity contribution is 5.71. The first-order valence-electron chi connectivity index (χ1n) is 9.61. The van der Waals surface area contributed by atoms with E-state index < -0.39 is 24.1 Å². The maximum Gasteiger partial charge on any atom is 0.308 e. The van der Waals surface area contributed by atoms with Crippen LogP contribution >= 0.6 is 0 Å². The van der Waals surface area contributed by atoms with Crippen LogP contribution in [0, 0.1) is 0 Å². The lowest BCUT2D eigenvalue weighted by Gasteiger charge is -2.28. The molecule has 0 aromatic carbocycles. The Bertz CT molecular complexity index is 407. The summed E-state index contributed by atoms with van der Waals surface area (Å²) in [5, 5.41) is 28.4. The fourth-order valence-corrected chi connectivity index (χ4v) is 2.80. The lowest BCUT2D eigenvalue weighted by Crippen LogP contribution is -2.44. The van der Waals surface area contributed by atoms with Crippen LogP contribution in [-0.4, -0.2) is 77.7 Å². The van der Waals surface area contributed by atoms with E-state index in [-0.39, 0.29) is 18.9 Å². The van der Waals surface area contributed by atoms with Crippen LogP contribution in [0.15, 0.2) is 0 Å². The first kappa shape index (κ1) is 24.8. The van der Waals surface area contributed by atoms with Gasteiger partial charge in [0.2, 0.25) is 0 Å². The molecule has 0 aliphatic heterocycles. The van der Waals surface area contributed by atoms with Crippen LogP contribution in [0.25, 0.3) is 0 Å². The van der Waals surface area contributed by atoms with Crippen molar-refractivity contribution in [2.45, 2.75) is 83.0 Å². The predicted octanol–water partition coefficient (Wildman–Crippen LogP) is 1.94. The maximum atomic E-state index is 12.0. The number of ether oxygens (including phenoxy) is 1. The molecule has 154 valence electrons. The highest BCUT2D eigenvalue weighted by Gasteiger charge is 2.25. The lowest BCUT2D eigenvalue weighted by atomic mass is 10.0. The summed E-state index contributed by atoms with van der Waals surface area (Å²) in [5.74, 6) is -1.56. The number of likely N-dealkylation sites (N-methyl/N-ethyl adjacent to an activating group) is 1. The van der Waals surface area contributed by atoms with Gasteiger partial charge in [-0.25, -0.2) is 0 Å². The van der Waals surface area contributed by atoms with Crippen molar-refractivity contribution >= 4 is 11.9 Å². The van der Waals surface area contributed by atoms with E-state index in [0.29, 0.717) is 17.4 Å². The number of esters is 1. The molecule has 0 fully saturated rings. The number of rotatable bonds is 15. The highest BCUT2D eigenvalue weighted by Crippen LogP contribution is 2.13. The van der Waals surface area contributed by atoms with Crippen LogP contribution in [0.4, 0.5) is 0 Å². The van der Waals surface area contributed by atoms with E-state index in [2.05, 4.69) is 0 Å². The number of carboxylic acids is 1. The number of quaternary nitrogens is 1. The predicted molar refractivity (Wildman–Crippen MR) is 99.7 cm³/mol. The Morgan fingerprint density at radius 1 is 0.923 bits per heavy atom. The van der Waals surface area contributed by atoms with Crippen molar-refractivity contribution in [3.05, 3.63) is 0 Å². The molecule has 3 unspecified atom stereocenters. The van der Waals surface area contributed by atoms with Gasteiger partial charge in [0.1, 0.15) is 6.54 Å². The summed E-state index contributed by atoms with van der Waals surface area (Å²) in [6.07, 6.45) is 3.80. The van der Waals surface area contributed by atoms with Gasteiger partial charge in [0.05, 0.1) is 46.2 Å². The molecule has 0 heterocycles. The minimum Gasteiger partial charge on any atom is -0.481 e. The number of unbranched alkanes of at least 4 members (excludes halogenated alkanes) is 3. The zero-order valence-electron chi connectivity index (χ0n) is 16.8. The summed E-state index contributed by atoms with van der Waals surface area (Å²) in [7, 11) is 5.70. The SMILES string of the molecule is CCC(O)CCCCCCC(O)CC(=O)OC(CC(=O)O)C[N+](C)(C)C. The molecule has 0 rings (SSSR count). The molecule has 0 aromatic heterocycles. The molecule has 0 spiro atoms. The molecule has 0 aliphatic carbocycles. The van der Waals surface area contributed by atoms with E-state index in [4.69, 9.17) is 9.84 Å². The number of carbonyl (C=O) groups is 2. The van der Waals surface area contributed by atoms with Gasteiger partial charge >= 0.3 is 11.9 Å². The number of aliphatic carboxylic acids is 1. The first-order valence-corrected chi connectivity index (χ1v) is 9.61. The zero-order valence-corrected chi connectivity index (χ0v) is 16.8. The van der Waals surface area contributed by atoms with Crippen LogP contribution in [-0.2, 0) is 14.3 Å². The van der Waals surface area contributed by atoms with Crippen molar-refractivity contribution in [1.29, 1.82) is 0 Å². The molecule has 0 saturated heterocycles. The molecule has 3 N–H and O–H groups in total. The fraction of sp³-hybridized carbons (Fsp3) is 0.895. The zero-order chi connectivity index (χ0) is 20.2. The number of hydrogen-bond acceptors (Lipinski definition) is 5. The van der Waals surface area contributed by atoms with Gasteiger partial charge in [0, 0.05) is 0 Å². The van der Waals surface area contributed by atoms with Crippen molar-refractivity contribution in [2.24, 2.45) is 0 Å². The third-order valence-corrected chi connectivity index (χ3v) is 4.15. The van der Waals surface area contributed by atoms with Gasteiger partial charge in [0.15, 0.2) is 6.10 Å².